The van der Waals surface area contributed by atoms with Gasteiger partial charge in [-0.25, -0.2) is 0 Å². The lowest BCUT2D eigenvalue weighted by Crippen LogP contribution is -2.26. The first-order chi connectivity index (χ1) is 10.2. The summed E-state index contributed by atoms with van der Waals surface area (Å²) >= 11 is 0. The van der Waals surface area contributed by atoms with Gasteiger partial charge >= 0.3 is 0 Å². The van der Waals surface area contributed by atoms with Crippen LogP contribution in [0.5, 0.6) is 0 Å². The molecule has 2 aromatic carbocycles. The Morgan fingerprint density at radius 2 is 1.71 bits per heavy atom. The molecule has 0 aliphatic heterocycles. The molecule has 0 heterocycles. The van der Waals surface area contributed by atoms with E-state index >= 15 is 0 Å². The Hall–Kier alpha value is -1.60. The van der Waals surface area contributed by atoms with Crippen molar-refractivity contribution in [3.05, 3.63) is 71.3 Å². The van der Waals surface area contributed by atoms with Crippen LogP contribution in [0.4, 0.5) is 0 Å². The molecule has 0 radical (unpaired) electrons. The highest BCUT2D eigenvalue weighted by atomic mass is 14.9. The van der Waals surface area contributed by atoms with Gasteiger partial charge in [-0.15, -0.1) is 0 Å². The summed E-state index contributed by atoms with van der Waals surface area (Å²) in [4.78, 5) is 0. The van der Waals surface area contributed by atoms with Crippen molar-refractivity contribution in [2.75, 3.05) is 13.1 Å². The predicted octanol–water partition coefficient (Wildman–Crippen LogP) is 4.57. The van der Waals surface area contributed by atoms with Gasteiger partial charge in [-0.3, -0.25) is 0 Å². The number of nitrogens with one attached hydrogen (secondary N) is 1. The highest BCUT2D eigenvalue weighted by molar-refractivity contribution is 5.23. The summed E-state index contributed by atoms with van der Waals surface area (Å²) in [7, 11) is 0. The topological polar surface area (TPSA) is 12.0 Å². The number of aryl methyl sites for hydroxylation is 1. The van der Waals surface area contributed by atoms with Gasteiger partial charge in [0.15, 0.2) is 0 Å². The molecule has 0 bridgehead atoms. The van der Waals surface area contributed by atoms with Crippen LogP contribution in [-0.2, 0) is 6.42 Å². The van der Waals surface area contributed by atoms with Gasteiger partial charge in [0.2, 0.25) is 0 Å². The van der Waals surface area contributed by atoms with Gasteiger partial charge in [0.1, 0.15) is 0 Å². The fourth-order valence-corrected chi connectivity index (χ4v) is 2.80. The minimum absolute atomic E-state index is 0.587. The molecular weight excluding hydrogens is 254 g/mol. The van der Waals surface area contributed by atoms with E-state index in [-0.39, 0.29) is 0 Å². The van der Waals surface area contributed by atoms with Gasteiger partial charge in [0, 0.05) is 6.54 Å². The number of hydrogen-bond acceptors (Lipinski definition) is 1. The van der Waals surface area contributed by atoms with E-state index in [2.05, 4.69) is 80.7 Å². The Kier molecular flexibility index (Phi) is 6.01. The zero-order valence-electron chi connectivity index (χ0n) is 13.5. The molecule has 0 saturated carbocycles. The highest BCUT2D eigenvalue weighted by Gasteiger charge is 2.14. The lowest BCUT2D eigenvalue weighted by molar-refractivity contribution is 0.463. The van der Waals surface area contributed by atoms with Crippen LogP contribution in [0.1, 0.15) is 36.5 Å². The van der Waals surface area contributed by atoms with Crippen LogP contribution in [0, 0.1) is 12.8 Å². The van der Waals surface area contributed by atoms with Crippen LogP contribution in [0.25, 0.3) is 0 Å². The van der Waals surface area contributed by atoms with Crippen molar-refractivity contribution in [1.82, 2.24) is 5.32 Å². The molecule has 0 fully saturated rings. The van der Waals surface area contributed by atoms with Gasteiger partial charge in [-0.2, -0.15) is 0 Å². The quantitative estimate of drug-likeness (QED) is 0.733. The average Bonchev–Trinajstić information content (AvgIpc) is 2.48. The van der Waals surface area contributed by atoms with Crippen molar-refractivity contribution >= 4 is 0 Å². The molecule has 1 atom stereocenters. The molecule has 1 nitrogen and oxygen atoms in total. The summed E-state index contributed by atoms with van der Waals surface area (Å²) in [5, 5.41) is 3.63. The molecule has 1 heteroatoms. The first-order valence-electron chi connectivity index (χ1n) is 7.98. The van der Waals surface area contributed by atoms with Gasteiger partial charge in [0.25, 0.3) is 0 Å². The standard InChI is InChI=1S/C20H27N/c1-16(2)20(19-10-5-4-6-11-19)15-21-13-12-18-9-7-8-17(3)14-18/h4-11,14,16,20-21H,12-13,15H2,1-3H3. The van der Waals surface area contributed by atoms with Gasteiger partial charge < -0.3 is 5.32 Å². The van der Waals surface area contributed by atoms with Gasteiger partial charge in [0.05, 0.1) is 0 Å². The molecule has 1 N–H and O–H groups in total. The molecule has 2 rings (SSSR count). The van der Waals surface area contributed by atoms with Crippen LogP contribution in [-0.4, -0.2) is 13.1 Å². The smallest absolute Gasteiger partial charge is 0.00227 e. The molecular formula is C20H27N. The molecule has 0 saturated heterocycles. The zero-order chi connectivity index (χ0) is 15.1. The summed E-state index contributed by atoms with van der Waals surface area (Å²) in [6, 6.07) is 19.6. The third kappa shape index (κ3) is 5.02. The summed E-state index contributed by atoms with van der Waals surface area (Å²) in [5.41, 5.74) is 4.20. The average molecular weight is 281 g/mol. The van der Waals surface area contributed by atoms with Crippen molar-refractivity contribution in [1.29, 1.82) is 0 Å². The molecule has 0 aromatic heterocycles. The van der Waals surface area contributed by atoms with E-state index in [0.29, 0.717) is 11.8 Å². The lowest BCUT2D eigenvalue weighted by Gasteiger charge is -2.22. The van der Waals surface area contributed by atoms with E-state index in [1.807, 2.05) is 0 Å². The number of benzene rings is 2. The Bertz CT molecular complexity index is 531. The first-order valence-corrected chi connectivity index (χ1v) is 7.98. The normalized spacial score (nSPS) is 12.6. The summed E-state index contributed by atoms with van der Waals surface area (Å²) < 4.78 is 0. The largest absolute Gasteiger partial charge is 0.316 e. The summed E-state index contributed by atoms with van der Waals surface area (Å²) in [6.07, 6.45) is 1.10. The summed E-state index contributed by atoms with van der Waals surface area (Å²) in [5.74, 6) is 1.24. The Balaban J connectivity index is 1.83. The maximum atomic E-state index is 3.63. The highest BCUT2D eigenvalue weighted by Crippen LogP contribution is 2.23. The maximum Gasteiger partial charge on any atom is 0.00227 e. The minimum atomic E-state index is 0.587. The minimum Gasteiger partial charge on any atom is -0.316 e. The Morgan fingerprint density at radius 3 is 2.38 bits per heavy atom. The first kappa shape index (κ1) is 15.8. The Labute approximate surface area is 129 Å². The monoisotopic (exact) mass is 281 g/mol. The second-order valence-electron chi connectivity index (χ2n) is 6.20. The van der Waals surface area contributed by atoms with Crippen LogP contribution in [0.3, 0.4) is 0 Å². The van der Waals surface area contributed by atoms with E-state index in [1.54, 1.807) is 0 Å². The summed E-state index contributed by atoms with van der Waals surface area (Å²) in [6.45, 7) is 8.86. The van der Waals surface area contributed by atoms with Gasteiger partial charge in [-0.05, 0) is 42.9 Å². The van der Waals surface area contributed by atoms with Crippen LogP contribution < -0.4 is 5.32 Å². The van der Waals surface area contributed by atoms with Crippen molar-refractivity contribution < 1.29 is 0 Å². The molecule has 0 aliphatic carbocycles. The number of rotatable bonds is 7. The van der Waals surface area contributed by atoms with Crippen molar-refractivity contribution in [3.63, 3.8) is 0 Å². The second kappa shape index (κ2) is 7.99. The second-order valence-corrected chi connectivity index (χ2v) is 6.20. The fourth-order valence-electron chi connectivity index (χ4n) is 2.80. The lowest BCUT2D eigenvalue weighted by atomic mass is 9.88. The molecule has 1 unspecified atom stereocenters. The third-order valence-corrected chi connectivity index (χ3v) is 4.07. The predicted molar refractivity (Wildman–Crippen MR) is 91.8 cm³/mol. The van der Waals surface area contributed by atoms with Crippen LogP contribution in [0.15, 0.2) is 54.6 Å². The van der Waals surface area contributed by atoms with Crippen molar-refractivity contribution in [3.8, 4) is 0 Å². The molecule has 0 amide bonds. The van der Waals surface area contributed by atoms with Gasteiger partial charge in [-0.1, -0.05) is 74.0 Å². The van der Waals surface area contributed by atoms with Crippen LogP contribution >= 0.6 is 0 Å². The van der Waals surface area contributed by atoms with E-state index in [4.69, 9.17) is 0 Å². The molecule has 0 spiro atoms. The Morgan fingerprint density at radius 1 is 0.952 bits per heavy atom. The molecule has 21 heavy (non-hydrogen) atoms. The molecule has 112 valence electrons. The molecule has 2 aromatic rings. The van der Waals surface area contributed by atoms with Crippen molar-refractivity contribution in [2.24, 2.45) is 5.92 Å². The van der Waals surface area contributed by atoms with Crippen molar-refractivity contribution in [2.45, 2.75) is 33.1 Å². The van der Waals surface area contributed by atoms with E-state index in [0.717, 1.165) is 19.5 Å². The molecule has 0 aliphatic rings. The maximum absolute atomic E-state index is 3.63. The third-order valence-electron chi connectivity index (χ3n) is 4.07. The zero-order valence-corrected chi connectivity index (χ0v) is 13.5. The SMILES string of the molecule is Cc1cccc(CCNCC(c2ccccc2)C(C)C)c1. The van der Waals surface area contributed by atoms with E-state index < -0.39 is 0 Å². The fraction of sp³-hybridized carbons (Fsp3) is 0.400. The number of hydrogen-bond donors (Lipinski definition) is 1. The van der Waals surface area contributed by atoms with E-state index in [9.17, 15) is 0 Å². The van der Waals surface area contributed by atoms with E-state index in [1.165, 1.54) is 16.7 Å². The van der Waals surface area contributed by atoms with Crippen LogP contribution in [0.2, 0.25) is 0 Å².